The molecule has 0 aliphatic heterocycles. The first-order valence-corrected chi connectivity index (χ1v) is 6.27. The lowest BCUT2D eigenvalue weighted by Crippen LogP contribution is -2.10. The number of nitrogens with zero attached hydrogens (tertiary/aromatic N) is 2. The summed E-state index contributed by atoms with van der Waals surface area (Å²) in [6.07, 6.45) is 7.79. The zero-order chi connectivity index (χ0) is 11.0. The summed E-state index contributed by atoms with van der Waals surface area (Å²) < 4.78 is 0. The Kier molecular flexibility index (Phi) is 2.46. The van der Waals surface area contributed by atoms with Crippen LogP contribution in [0.1, 0.15) is 23.8 Å². The molecule has 1 fully saturated rings. The third-order valence-corrected chi connectivity index (χ3v) is 4.17. The van der Waals surface area contributed by atoms with Crippen molar-refractivity contribution in [2.75, 3.05) is 0 Å². The van der Waals surface area contributed by atoms with Gasteiger partial charge in [0.1, 0.15) is 6.33 Å². The van der Waals surface area contributed by atoms with Crippen molar-refractivity contribution in [2.24, 2.45) is 11.7 Å². The predicted molar refractivity (Wildman–Crippen MR) is 65.0 cm³/mol. The van der Waals surface area contributed by atoms with E-state index in [1.165, 1.54) is 22.6 Å². The standard InChI is InChI=1S/C12H13N3S/c13-12(8-1-2-8)11-4-3-10(16-11)9-5-14-7-15-6-9/h3-8,12H,1-2,13H2. The second-order valence-electron chi connectivity index (χ2n) is 4.19. The largest absolute Gasteiger partial charge is 0.323 e. The zero-order valence-electron chi connectivity index (χ0n) is 8.84. The van der Waals surface area contributed by atoms with Crippen molar-refractivity contribution < 1.29 is 0 Å². The molecule has 1 saturated carbocycles. The van der Waals surface area contributed by atoms with Crippen molar-refractivity contribution >= 4 is 11.3 Å². The second kappa shape index (κ2) is 3.96. The number of nitrogens with two attached hydrogens (primary N) is 1. The highest BCUT2D eigenvalue weighted by Crippen LogP contribution is 2.42. The van der Waals surface area contributed by atoms with Gasteiger partial charge in [-0.05, 0) is 30.9 Å². The summed E-state index contributed by atoms with van der Waals surface area (Å²) in [5, 5.41) is 0. The van der Waals surface area contributed by atoms with Gasteiger partial charge in [0.15, 0.2) is 0 Å². The molecular weight excluding hydrogens is 218 g/mol. The van der Waals surface area contributed by atoms with E-state index in [1.54, 1.807) is 17.7 Å². The van der Waals surface area contributed by atoms with E-state index in [2.05, 4.69) is 22.1 Å². The smallest absolute Gasteiger partial charge is 0.115 e. The van der Waals surface area contributed by atoms with Gasteiger partial charge in [-0.1, -0.05) is 0 Å². The summed E-state index contributed by atoms with van der Waals surface area (Å²) in [4.78, 5) is 10.5. The summed E-state index contributed by atoms with van der Waals surface area (Å²) in [5.74, 6) is 0.707. The topological polar surface area (TPSA) is 51.8 Å². The lowest BCUT2D eigenvalue weighted by Gasteiger charge is -2.05. The molecule has 0 saturated heterocycles. The Balaban J connectivity index is 1.87. The molecule has 3 rings (SSSR count). The third-order valence-electron chi connectivity index (χ3n) is 2.93. The Morgan fingerprint density at radius 2 is 2.00 bits per heavy atom. The van der Waals surface area contributed by atoms with E-state index in [9.17, 15) is 0 Å². The van der Waals surface area contributed by atoms with Crippen LogP contribution >= 0.6 is 11.3 Å². The fourth-order valence-corrected chi connectivity index (χ4v) is 2.88. The van der Waals surface area contributed by atoms with E-state index in [1.807, 2.05) is 12.4 Å². The monoisotopic (exact) mass is 231 g/mol. The molecule has 1 unspecified atom stereocenters. The second-order valence-corrected chi connectivity index (χ2v) is 5.31. The van der Waals surface area contributed by atoms with Crippen molar-refractivity contribution in [3.05, 3.63) is 35.7 Å². The molecule has 0 amide bonds. The average Bonchev–Trinajstić information content (AvgIpc) is 3.07. The van der Waals surface area contributed by atoms with Crippen molar-refractivity contribution in [3.8, 4) is 10.4 Å². The molecule has 2 aromatic heterocycles. The molecule has 16 heavy (non-hydrogen) atoms. The van der Waals surface area contributed by atoms with Gasteiger partial charge in [0.05, 0.1) is 0 Å². The van der Waals surface area contributed by atoms with Gasteiger partial charge < -0.3 is 5.73 Å². The molecule has 3 nitrogen and oxygen atoms in total. The van der Waals surface area contributed by atoms with Crippen LogP contribution in [-0.2, 0) is 0 Å². The zero-order valence-corrected chi connectivity index (χ0v) is 9.65. The van der Waals surface area contributed by atoms with Gasteiger partial charge in [-0.3, -0.25) is 0 Å². The maximum absolute atomic E-state index is 6.17. The van der Waals surface area contributed by atoms with Crippen LogP contribution in [0.5, 0.6) is 0 Å². The maximum atomic E-state index is 6.17. The van der Waals surface area contributed by atoms with Crippen LogP contribution in [0.25, 0.3) is 10.4 Å². The van der Waals surface area contributed by atoms with Crippen molar-refractivity contribution in [2.45, 2.75) is 18.9 Å². The molecule has 4 heteroatoms. The molecule has 0 aromatic carbocycles. The minimum atomic E-state index is 0.225. The Hall–Kier alpha value is -1.26. The number of thiophene rings is 1. The van der Waals surface area contributed by atoms with E-state index in [4.69, 9.17) is 5.73 Å². The van der Waals surface area contributed by atoms with Crippen LogP contribution in [0.4, 0.5) is 0 Å². The van der Waals surface area contributed by atoms with Crippen LogP contribution < -0.4 is 5.73 Å². The van der Waals surface area contributed by atoms with Crippen LogP contribution in [0.3, 0.4) is 0 Å². The highest BCUT2D eigenvalue weighted by molar-refractivity contribution is 7.15. The van der Waals surface area contributed by atoms with Gasteiger partial charge in [0, 0.05) is 33.8 Å². The molecular formula is C12H13N3S. The molecule has 2 aromatic rings. The van der Waals surface area contributed by atoms with E-state index in [0.717, 1.165) is 5.56 Å². The summed E-state index contributed by atoms with van der Waals surface area (Å²) >= 11 is 1.76. The molecule has 82 valence electrons. The van der Waals surface area contributed by atoms with E-state index >= 15 is 0 Å². The Bertz CT molecular complexity index is 476. The maximum Gasteiger partial charge on any atom is 0.115 e. The van der Waals surface area contributed by atoms with Crippen molar-refractivity contribution in [1.82, 2.24) is 9.97 Å². The van der Waals surface area contributed by atoms with Gasteiger partial charge in [-0.2, -0.15) is 0 Å². The summed E-state index contributed by atoms with van der Waals surface area (Å²) in [5.41, 5.74) is 7.24. The van der Waals surface area contributed by atoms with Gasteiger partial charge in [0.2, 0.25) is 0 Å². The number of aromatic nitrogens is 2. The first-order valence-electron chi connectivity index (χ1n) is 5.45. The normalized spacial score (nSPS) is 17.3. The Morgan fingerprint density at radius 3 is 2.69 bits per heavy atom. The third kappa shape index (κ3) is 1.86. The van der Waals surface area contributed by atoms with Crippen molar-refractivity contribution in [1.29, 1.82) is 0 Å². The molecule has 1 atom stereocenters. The molecule has 0 radical (unpaired) electrons. The van der Waals surface area contributed by atoms with Crippen LogP contribution in [-0.4, -0.2) is 9.97 Å². The number of hydrogen-bond acceptors (Lipinski definition) is 4. The minimum Gasteiger partial charge on any atom is -0.323 e. The first kappa shape index (κ1) is 9.93. The molecule has 1 aliphatic carbocycles. The number of hydrogen-bond donors (Lipinski definition) is 1. The van der Waals surface area contributed by atoms with Gasteiger partial charge in [-0.15, -0.1) is 11.3 Å². The SMILES string of the molecule is NC(c1ccc(-c2cncnc2)s1)C1CC1. The molecule has 0 bridgehead atoms. The highest BCUT2D eigenvalue weighted by atomic mass is 32.1. The van der Waals surface area contributed by atoms with Crippen LogP contribution in [0.2, 0.25) is 0 Å². The van der Waals surface area contributed by atoms with E-state index < -0.39 is 0 Å². The predicted octanol–water partition coefficient (Wildman–Crippen LogP) is 2.61. The first-order chi connectivity index (χ1) is 7.84. The fourth-order valence-electron chi connectivity index (χ4n) is 1.80. The summed E-state index contributed by atoms with van der Waals surface area (Å²) in [7, 11) is 0. The number of rotatable bonds is 3. The molecule has 2 heterocycles. The molecule has 1 aliphatic rings. The fraction of sp³-hybridized carbons (Fsp3) is 0.333. The Morgan fingerprint density at radius 1 is 1.25 bits per heavy atom. The van der Waals surface area contributed by atoms with Gasteiger partial charge in [0.25, 0.3) is 0 Å². The average molecular weight is 231 g/mol. The highest BCUT2D eigenvalue weighted by Gasteiger charge is 2.30. The lowest BCUT2D eigenvalue weighted by molar-refractivity contribution is 0.645. The quantitative estimate of drug-likeness (QED) is 0.883. The summed E-state index contributed by atoms with van der Waals surface area (Å²) in [6.45, 7) is 0. The van der Waals surface area contributed by atoms with Crippen molar-refractivity contribution in [3.63, 3.8) is 0 Å². The van der Waals surface area contributed by atoms with E-state index in [0.29, 0.717) is 5.92 Å². The molecule has 2 N–H and O–H groups in total. The lowest BCUT2D eigenvalue weighted by atomic mass is 10.1. The van der Waals surface area contributed by atoms with Crippen LogP contribution in [0, 0.1) is 5.92 Å². The minimum absolute atomic E-state index is 0.225. The van der Waals surface area contributed by atoms with E-state index in [-0.39, 0.29) is 6.04 Å². The van der Waals surface area contributed by atoms with Gasteiger partial charge in [-0.25, -0.2) is 9.97 Å². The molecule has 0 spiro atoms. The summed E-state index contributed by atoms with van der Waals surface area (Å²) in [6, 6.07) is 4.47. The van der Waals surface area contributed by atoms with Crippen LogP contribution in [0.15, 0.2) is 30.9 Å². The van der Waals surface area contributed by atoms with Gasteiger partial charge >= 0.3 is 0 Å². The Labute approximate surface area is 98.4 Å².